The largest absolute Gasteiger partial charge is 0.466 e. The Hall–Kier alpha value is -1.06. The maximum absolute atomic E-state index is 11.3. The molecular formula is C17H32O4. The van der Waals surface area contributed by atoms with E-state index in [-0.39, 0.29) is 6.42 Å². The lowest BCUT2D eigenvalue weighted by molar-refractivity contribution is -0.154. The van der Waals surface area contributed by atoms with Crippen molar-refractivity contribution in [2.75, 3.05) is 13.2 Å². The minimum absolute atomic E-state index is 0.272. The standard InChI is InChI=1S/C17H32O4/c1-3-5-6-7-8-9-10-11-12-13-14-21-17(19)15-16(18)20-4-2/h3-15H2,1-2H3. The third kappa shape index (κ3) is 15.2. The molecule has 0 saturated heterocycles. The van der Waals surface area contributed by atoms with E-state index in [2.05, 4.69) is 11.7 Å². The van der Waals surface area contributed by atoms with Gasteiger partial charge in [-0.25, -0.2) is 0 Å². The van der Waals surface area contributed by atoms with Crippen LogP contribution in [0.25, 0.3) is 0 Å². The quantitative estimate of drug-likeness (QED) is 0.271. The van der Waals surface area contributed by atoms with E-state index in [1.54, 1.807) is 6.92 Å². The van der Waals surface area contributed by atoms with E-state index < -0.39 is 11.9 Å². The highest BCUT2D eigenvalue weighted by atomic mass is 16.6. The lowest BCUT2D eigenvalue weighted by atomic mass is 10.1. The van der Waals surface area contributed by atoms with Gasteiger partial charge in [-0.05, 0) is 13.3 Å². The second-order valence-electron chi connectivity index (χ2n) is 5.38. The van der Waals surface area contributed by atoms with E-state index in [9.17, 15) is 9.59 Å². The normalized spacial score (nSPS) is 10.4. The molecule has 0 amide bonds. The van der Waals surface area contributed by atoms with Gasteiger partial charge in [-0.15, -0.1) is 0 Å². The summed E-state index contributed by atoms with van der Waals surface area (Å²) >= 11 is 0. The van der Waals surface area contributed by atoms with Gasteiger partial charge in [0.15, 0.2) is 0 Å². The van der Waals surface area contributed by atoms with E-state index in [0.29, 0.717) is 13.2 Å². The van der Waals surface area contributed by atoms with Crippen LogP contribution in [-0.4, -0.2) is 25.2 Å². The lowest BCUT2D eigenvalue weighted by Crippen LogP contribution is -2.14. The Labute approximate surface area is 129 Å². The molecule has 0 saturated carbocycles. The highest BCUT2D eigenvalue weighted by Crippen LogP contribution is 2.10. The summed E-state index contributed by atoms with van der Waals surface area (Å²) in [6.45, 7) is 4.66. The van der Waals surface area contributed by atoms with Gasteiger partial charge in [0, 0.05) is 0 Å². The van der Waals surface area contributed by atoms with Crippen LogP contribution in [0.2, 0.25) is 0 Å². The van der Waals surface area contributed by atoms with Gasteiger partial charge in [0.05, 0.1) is 13.2 Å². The third-order valence-corrected chi connectivity index (χ3v) is 3.35. The number of carbonyl (C=O) groups is 2. The van der Waals surface area contributed by atoms with Crippen LogP contribution < -0.4 is 0 Å². The number of hydrogen-bond donors (Lipinski definition) is 0. The van der Waals surface area contributed by atoms with Crippen molar-refractivity contribution in [3.63, 3.8) is 0 Å². The fourth-order valence-electron chi connectivity index (χ4n) is 2.16. The molecule has 21 heavy (non-hydrogen) atoms. The molecule has 0 aliphatic rings. The minimum atomic E-state index is -0.509. The van der Waals surface area contributed by atoms with Crippen molar-refractivity contribution in [1.29, 1.82) is 0 Å². The first-order valence-corrected chi connectivity index (χ1v) is 8.52. The fourth-order valence-corrected chi connectivity index (χ4v) is 2.16. The van der Waals surface area contributed by atoms with Crippen LogP contribution in [0.4, 0.5) is 0 Å². The van der Waals surface area contributed by atoms with Gasteiger partial charge >= 0.3 is 11.9 Å². The Morgan fingerprint density at radius 1 is 0.667 bits per heavy atom. The number of unbranched alkanes of at least 4 members (excludes halogenated alkanes) is 9. The van der Waals surface area contributed by atoms with Gasteiger partial charge in [0.1, 0.15) is 6.42 Å². The summed E-state index contributed by atoms with van der Waals surface area (Å²) in [5, 5.41) is 0. The van der Waals surface area contributed by atoms with Crippen LogP contribution in [0, 0.1) is 0 Å². The molecule has 0 spiro atoms. The monoisotopic (exact) mass is 300 g/mol. The van der Waals surface area contributed by atoms with Crippen LogP contribution in [-0.2, 0) is 19.1 Å². The maximum atomic E-state index is 11.3. The predicted molar refractivity (Wildman–Crippen MR) is 84.1 cm³/mol. The number of esters is 2. The highest BCUT2D eigenvalue weighted by molar-refractivity contribution is 5.91. The minimum Gasteiger partial charge on any atom is -0.466 e. The van der Waals surface area contributed by atoms with Gasteiger partial charge < -0.3 is 9.47 Å². The van der Waals surface area contributed by atoms with Crippen molar-refractivity contribution in [1.82, 2.24) is 0 Å². The molecule has 0 bridgehead atoms. The van der Waals surface area contributed by atoms with E-state index in [4.69, 9.17) is 4.74 Å². The smallest absolute Gasteiger partial charge is 0.317 e. The Kier molecular flexibility index (Phi) is 14.6. The van der Waals surface area contributed by atoms with E-state index in [1.807, 2.05) is 0 Å². The molecule has 124 valence electrons. The zero-order valence-electron chi connectivity index (χ0n) is 13.8. The summed E-state index contributed by atoms with van der Waals surface area (Å²) in [7, 11) is 0. The second kappa shape index (κ2) is 15.3. The molecule has 0 aromatic carbocycles. The topological polar surface area (TPSA) is 52.6 Å². The number of carbonyl (C=O) groups excluding carboxylic acids is 2. The molecular weight excluding hydrogens is 268 g/mol. The molecule has 0 atom stereocenters. The van der Waals surface area contributed by atoms with Crippen molar-refractivity contribution in [3.8, 4) is 0 Å². The Morgan fingerprint density at radius 3 is 1.67 bits per heavy atom. The molecule has 0 N–H and O–H groups in total. The first-order chi connectivity index (χ1) is 10.2. The molecule has 0 aliphatic heterocycles. The van der Waals surface area contributed by atoms with E-state index in [1.165, 1.54) is 51.4 Å². The van der Waals surface area contributed by atoms with Crippen molar-refractivity contribution in [2.24, 2.45) is 0 Å². The molecule has 4 nitrogen and oxygen atoms in total. The van der Waals surface area contributed by atoms with Crippen molar-refractivity contribution in [3.05, 3.63) is 0 Å². The first-order valence-electron chi connectivity index (χ1n) is 8.52. The number of rotatable bonds is 14. The molecule has 4 heteroatoms. The Bertz CT molecular complexity index is 264. The van der Waals surface area contributed by atoms with Crippen molar-refractivity contribution < 1.29 is 19.1 Å². The van der Waals surface area contributed by atoms with Crippen LogP contribution in [0.1, 0.15) is 84.5 Å². The molecule has 0 fully saturated rings. The predicted octanol–water partition coefficient (Wildman–Crippen LogP) is 4.40. The zero-order chi connectivity index (χ0) is 15.8. The zero-order valence-corrected chi connectivity index (χ0v) is 13.8. The highest BCUT2D eigenvalue weighted by Gasteiger charge is 2.10. The average Bonchev–Trinajstić information content (AvgIpc) is 2.45. The maximum Gasteiger partial charge on any atom is 0.317 e. The summed E-state index contributed by atoms with van der Waals surface area (Å²) in [6.07, 6.45) is 12.2. The summed E-state index contributed by atoms with van der Waals surface area (Å²) in [6, 6.07) is 0. The van der Waals surface area contributed by atoms with E-state index >= 15 is 0 Å². The SMILES string of the molecule is CCCCCCCCCCCCOC(=O)CC(=O)OCC. The summed E-state index contributed by atoms with van der Waals surface area (Å²) < 4.78 is 9.67. The van der Waals surface area contributed by atoms with Crippen LogP contribution >= 0.6 is 0 Å². The fraction of sp³-hybridized carbons (Fsp3) is 0.882. The van der Waals surface area contributed by atoms with Crippen molar-refractivity contribution in [2.45, 2.75) is 84.5 Å². The van der Waals surface area contributed by atoms with Gasteiger partial charge in [-0.2, -0.15) is 0 Å². The van der Waals surface area contributed by atoms with Crippen molar-refractivity contribution >= 4 is 11.9 Å². The first kappa shape index (κ1) is 19.9. The Morgan fingerprint density at radius 2 is 1.14 bits per heavy atom. The molecule has 0 aromatic rings. The third-order valence-electron chi connectivity index (χ3n) is 3.35. The molecule has 0 aliphatic carbocycles. The lowest BCUT2D eigenvalue weighted by Gasteiger charge is -2.05. The van der Waals surface area contributed by atoms with Gasteiger partial charge in [0.2, 0.25) is 0 Å². The van der Waals surface area contributed by atoms with Gasteiger partial charge in [-0.3, -0.25) is 9.59 Å². The van der Waals surface area contributed by atoms with Crippen LogP contribution in [0.3, 0.4) is 0 Å². The second-order valence-corrected chi connectivity index (χ2v) is 5.38. The molecule has 0 unspecified atom stereocenters. The molecule has 0 rings (SSSR count). The molecule has 0 heterocycles. The van der Waals surface area contributed by atoms with E-state index in [0.717, 1.165) is 12.8 Å². The van der Waals surface area contributed by atoms with Crippen LogP contribution in [0.15, 0.2) is 0 Å². The summed E-state index contributed by atoms with van der Waals surface area (Å²) in [4.78, 5) is 22.3. The number of ether oxygens (including phenoxy) is 2. The summed E-state index contributed by atoms with van der Waals surface area (Å²) in [5.41, 5.74) is 0. The van der Waals surface area contributed by atoms with Gasteiger partial charge in [-0.1, -0.05) is 64.7 Å². The molecule has 0 aromatic heterocycles. The Balaban J connectivity index is 3.21. The summed E-state index contributed by atoms with van der Waals surface area (Å²) in [5.74, 6) is -0.991. The molecule has 0 radical (unpaired) electrons. The van der Waals surface area contributed by atoms with Gasteiger partial charge in [0.25, 0.3) is 0 Å². The van der Waals surface area contributed by atoms with Crippen LogP contribution in [0.5, 0.6) is 0 Å². The average molecular weight is 300 g/mol. The number of hydrogen-bond acceptors (Lipinski definition) is 4.